The highest BCUT2D eigenvalue weighted by Crippen LogP contribution is 2.33. The molecular weight excluding hydrogens is 357 g/mol. The van der Waals surface area contributed by atoms with E-state index in [2.05, 4.69) is 4.98 Å². The Balaban J connectivity index is 2.18. The van der Waals surface area contributed by atoms with Gasteiger partial charge >= 0.3 is 12.1 Å². The minimum Gasteiger partial charge on any atom is -0.462 e. The van der Waals surface area contributed by atoms with E-state index in [1.807, 2.05) is 0 Å². The molecule has 0 radical (unpaired) electrons. The standard InChI is InChI=1S/C17H12ClF3N2O2/c1-2-25-16(24)12-9-23(14-6-4-3-5-11(12)14)15-13(18)7-10(8-22-15)17(19,20)21/h3-9H,2H2,1H3. The van der Waals surface area contributed by atoms with Crippen molar-refractivity contribution in [2.75, 3.05) is 6.61 Å². The normalized spacial score (nSPS) is 11.7. The Morgan fingerprint density at radius 2 is 2.04 bits per heavy atom. The number of benzene rings is 1. The van der Waals surface area contributed by atoms with Crippen LogP contribution in [0.3, 0.4) is 0 Å². The van der Waals surface area contributed by atoms with Crippen LogP contribution >= 0.6 is 11.6 Å². The Bertz CT molecular complexity index is 951. The van der Waals surface area contributed by atoms with Crippen molar-refractivity contribution in [3.63, 3.8) is 0 Å². The lowest BCUT2D eigenvalue weighted by Crippen LogP contribution is -2.07. The third-order valence-corrected chi connectivity index (χ3v) is 3.86. The van der Waals surface area contributed by atoms with Crippen molar-refractivity contribution in [2.24, 2.45) is 0 Å². The molecule has 0 bridgehead atoms. The highest BCUT2D eigenvalue weighted by Gasteiger charge is 2.32. The highest BCUT2D eigenvalue weighted by atomic mass is 35.5. The molecule has 1 aromatic carbocycles. The van der Waals surface area contributed by atoms with Gasteiger partial charge in [-0.15, -0.1) is 0 Å². The van der Waals surface area contributed by atoms with Crippen LogP contribution in [0.25, 0.3) is 16.7 Å². The summed E-state index contributed by atoms with van der Waals surface area (Å²) in [4.78, 5) is 16.0. The van der Waals surface area contributed by atoms with Gasteiger partial charge in [-0.05, 0) is 19.1 Å². The van der Waals surface area contributed by atoms with Gasteiger partial charge in [-0.25, -0.2) is 9.78 Å². The molecular formula is C17H12ClF3N2O2. The van der Waals surface area contributed by atoms with Gasteiger partial charge in [0.1, 0.15) is 0 Å². The summed E-state index contributed by atoms with van der Waals surface area (Å²) in [7, 11) is 0. The molecule has 0 saturated carbocycles. The fraction of sp³-hybridized carbons (Fsp3) is 0.176. The van der Waals surface area contributed by atoms with Crippen LogP contribution in [-0.4, -0.2) is 22.1 Å². The number of nitrogens with zero attached hydrogens (tertiary/aromatic N) is 2. The molecule has 0 spiro atoms. The number of aromatic nitrogens is 2. The molecule has 0 aliphatic rings. The molecule has 3 rings (SSSR count). The molecule has 25 heavy (non-hydrogen) atoms. The molecule has 3 aromatic rings. The van der Waals surface area contributed by atoms with Crippen molar-refractivity contribution in [1.29, 1.82) is 0 Å². The van der Waals surface area contributed by atoms with E-state index in [0.717, 1.165) is 6.07 Å². The zero-order valence-electron chi connectivity index (χ0n) is 13.0. The number of carbonyl (C=O) groups excluding carboxylic acids is 1. The van der Waals surface area contributed by atoms with Crippen LogP contribution < -0.4 is 0 Å². The van der Waals surface area contributed by atoms with Gasteiger partial charge in [0.05, 0.1) is 28.3 Å². The van der Waals surface area contributed by atoms with Gasteiger partial charge in [-0.1, -0.05) is 29.8 Å². The van der Waals surface area contributed by atoms with Gasteiger partial charge in [0, 0.05) is 17.8 Å². The second-order valence-electron chi connectivity index (χ2n) is 5.18. The zero-order valence-corrected chi connectivity index (χ0v) is 13.7. The van der Waals surface area contributed by atoms with Crippen LogP contribution in [0, 0.1) is 0 Å². The minimum atomic E-state index is -4.54. The maximum absolute atomic E-state index is 12.8. The summed E-state index contributed by atoms with van der Waals surface area (Å²) >= 11 is 6.02. The Morgan fingerprint density at radius 1 is 1.32 bits per heavy atom. The fourth-order valence-corrected chi connectivity index (χ4v) is 2.75. The number of esters is 1. The number of halogens is 4. The summed E-state index contributed by atoms with van der Waals surface area (Å²) in [6.45, 7) is 1.89. The quantitative estimate of drug-likeness (QED) is 0.619. The van der Waals surface area contributed by atoms with Crippen molar-refractivity contribution in [2.45, 2.75) is 13.1 Å². The number of alkyl halides is 3. The number of fused-ring (bicyclic) bond motifs is 1. The SMILES string of the molecule is CCOC(=O)c1cn(-c2ncc(C(F)(F)F)cc2Cl)c2ccccc12. The largest absolute Gasteiger partial charge is 0.462 e. The summed E-state index contributed by atoms with van der Waals surface area (Å²) in [5.74, 6) is -0.429. The molecule has 0 amide bonds. The third-order valence-electron chi connectivity index (χ3n) is 3.58. The number of para-hydroxylation sites is 1. The molecule has 0 unspecified atom stereocenters. The predicted molar refractivity (Wildman–Crippen MR) is 87.0 cm³/mol. The van der Waals surface area contributed by atoms with Gasteiger partial charge in [0.2, 0.25) is 0 Å². The van der Waals surface area contributed by atoms with Crippen LogP contribution in [0.1, 0.15) is 22.8 Å². The van der Waals surface area contributed by atoms with Crippen LogP contribution in [0.2, 0.25) is 5.02 Å². The number of carbonyl (C=O) groups is 1. The van der Waals surface area contributed by atoms with Crippen molar-refractivity contribution in [1.82, 2.24) is 9.55 Å². The first-order valence-electron chi connectivity index (χ1n) is 7.33. The third kappa shape index (κ3) is 3.19. The first kappa shape index (κ1) is 17.3. The predicted octanol–water partition coefficient (Wildman–Crippen LogP) is 4.87. The Labute approximate surface area is 145 Å². The van der Waals surface area contributed by atoms with Crippen LogP contribution in [0.4, 0.5) is 13.2 Å². The maximum Gasteiger partial charge on any atom is 0.417 e. The molecule has 2 heterocycles. The van der Waals surface area contributed by atoms with Crippen molar-refractivity contribution < 1.29 is 22.7 Å². The van der Waals surface area contributed by atoms with E-state index >= 15 is 0 Å². The number of hydrogen-bond donors (Lipinski definition) is 0. The summed E-state index contributed by atoms with van der Waals surface area (Å²) in [5, 5.41) is 0.421. The van der Waals surface area contributed by atoms with Gasteiger partial charge < -0.3 is 4.74 Å². The van der Waals surface area contributed by atoms with Crippen molar-refractivity contribution in [3.8, 4) is 5.82 Å². The van der Waals surface area contributed by atoms with Crippen LogP contribution in [-0.2, 0) is 10.9 Å². The van der Waals surface area contributed by atoms with Crippen molar-refractivity contribution in [3.05, 3.63) is 58.9 Å². The smallest absolute Gasteiger partial charge is 0.417 e. The highest BCUT2D eigenvalue weighted by molar-refractivity contribution is 6.32. The van der Waals surface area contributed by atoms with Crippen LogP contribution in [0.5, 0.6) is 0 Å². The number of rotatable bonds is 3. The van der Waals surface area contributed by atoms with E-state index in [9.17, 15) is 18.0 Å². The van der Waals surface area contributed by atoms with Gasteiger partial charge in [0.25, 0.3) is 0 Å². The van der Waals surface area contributed by atoms with E-state index in [0.29, 0.717) is 17.1 Å². The average molecular weight is 369 g/mol. The maximum atomic E-state index is 12.8. The second kappa shape index (κ2) is 6.40. The Morgan fingerprint density at radius 3 is 2.68 bits per heavy atom. The number of hydrogen-bond acceptors (Lipinski definition) is 3. The lowest BCUT2D eigenvalue weighted by molar-refractivity contribution is -0.137. The average Bonchev–Trinajstić information content (AvgIpc) is 2.94. The lowest BCUT2D eigenvalue weighted by Gasteiger charge is -2.10. The van der Waals surface area contributed by atoms with Gasteiger partial charge in [0.15, 0.2) is 5.82 Å². The van der Waals surface area contributed by atoms with Crippen LogP contribution in [0.15, 0.2) is 42.7 Å². The molecule has 0 N–H and O–H groups in total. The lowest BCUT2D eigenvalue weighted by atomic mass is 10.2. The molecule has 8 heteroatoms. The molecule has 2 aromatic heterocycles. The zero-order chi connectivity index (χ0) is 18.2. The Hall–Kier alpha value is -2.54. The molecule has 0 fully saturated rings. The molecule has 0 aliphatic carbocycles. The fourth-order valence-electron chi connectivity index (χ4n) is 2.49. The van der Waals surface area contributed by atoms with E-state index in [1.165, 1.54) is 10.8 Å². The number of ether oxygens (including phenoxy) is 1. The van der Waals surface area contributed by atoms with E-state index in [4.69, 9.17) is 16.3 Å². The summed E-state index contributed by atoms with van der Waals surface area (Å²) in [6, 6.07) is 7.73. The summed E-state index contributed by atoms with van der Waals surface area (Å²) in [6.07, 6.45) is -2.37. The van der Waals surface area contributed by atoms with Crippen molar-refractivity contribution >= 4 is 28.5 Å². The molecule has 0 saturated heterocycles. The second-order valence-corrected chi connectivity index (χ2v) is 5.58. The van der Waals surface area contributed by atoms with E-state index in [1.54, 1.807) is 31.2 Å². The van der Waals surface area contributed by atoms with Gasteiger partial charge in [-0.3, -0.25) is 4.57 Å². The summed E-state index contributed by atoms with van der Waals surface area (Å²) < 4.78 is 44.9. The first-order valence-corrected chi connectivity index (χ1v) is 7.71. The topological polar surface area (TPSA) is 44.1 Å². The molecule has 4 nitrogen and oxygen atoms in total. The molecule has 130 valence electrons. The first-order chi connectivity index (χ1) is 11.8. The minimum absolute atomic E-state index is 0.0985. The monoisotopic (exact) mass is 368 g/mol. The van der Waals surface area contributed by atoms with E-state index < -0.39 is 17.7 Å². The molecule has 0 aliphatic heterocycles. The molecule has 0 atom stereocenters. The Kier molecular flexibility index (Phi) is 4.43. The van der Waals surface area contributed by atoms with Gasteiger partial charge in [-0.2, -0.15) is 13.2 Å². The number of pyridine rings is 1. The summed E-state index contributed by atoms with van der Waals surface area (Å²) in [5.41, 5.74) is -0.0711. The van der Waals surface area contributed by atoms with E-state index in [-0.39, 0.29) is 23.0 Å².